The predicted molar refractivity (Wildman–Crippen MR) is 67.3 cm³/mol. The van der Waals surface area contributed by atoms with Crippen LogP contribution >= 0.6 is 0 Å². The summed E-state index contributed by atoms with van der Waals surface area (Å²) in [5, 5.41) is 0. The number of nitrogens with zero attached hydrogens (tertiary/aromatic N) is 1. The fraction of sp³-hybridized carbons (Fsp3) is 0.500. The van der Waals surface area contributed by atoms with Gasteiger partial charge in [0.25, 0.3) is 0 Å². The summed E-state index contributed by atoms with van der Waals surface area (Å²) in [5.74, 6) is 0.272. The van der Waals surface area contributed by atoms with Gasteiger partial charge in [-0.2, -0.15) is 0 Å². The van der Waals surface area contributed by atoms with E-state index in [2.05, 4.69) is 0 Å². The van der Waals surface area contributed by atoms with Gasteiger partial charge in [-0.05, 0) is 18.4 Å². The highest BCUT2D eigenvalue weighted by Gasteiger charge is 2.17. The van der Waals surface area contributed by atoms with Crippen molar-refractivity contribution in [3.63, 3.8) is 0 Å². The van der Waals surface area contributed by atoms with Crippen LogP contribution in [0.5, 0.6) is 0 Å². The molecule has 0 bridgehead atoms. The van der Waals surface area contributed by atoms with E-state index >= 15 is 0 Å². The summed E-state index contributed by atoms with van der Waals surface area (Å²) in [6, 6.07) is 9.95. The molecule has 0 aliphatic carbocycles. The summed E-state index contributed by atoms with van der Waals surface area (Å²) in [7, 11) is 0. The van der Waals surface area contributed by atoms with E-state index in [1.54, 1.807) is 0 Å². The third kappa shape index (κ3) is 3.69. The molecule has 1 saturated heterocycles. The molecule has 0 spiro atoms. The zero-order chi connectivity index (χ0) is 11.8. The molecule has 16 heavy (non-hydrogen) atoms. The van der Waals surface area contributed by atoms with Crippen LogP contribution in [0.3, 0.4) is 0 Å². The maximum absolute atomic E-state index is 11.7. The van der Waals surface area contributed by atoms with Gasteiger partial charge in [0.15, 0.2) is 0 Å². The van der Waals surface area contributed by atoms with Crippen molar-refractivity contribution in [3.8, 4) is 0 Å². The van der Waals surface area contributed by atoms with Crippen molar-refractivity contribution in [2.24, 2.45) is 0 Å². The van der Waals surface area contributed by atoms with Crippen molar-refractivity contribution >= 4 is 5.91 Å². The van der Waals surface area contributed by atoms with Gasteiger partial charge < -0.3 is 4.90 Å². The first-order valence-electron chi connectivity index (χ1n) is 6.18. The molecule has 0 N–H and O–H groups in total. The van der Waals surface area contributed by atoms with Crippen LogP contribution in [0.15, 0.2) is 30.3 Å². The summed E-state index contributed by atoms with van der Waals surface area (Å²) < 4.78 is 0. The van der Waals surface area contributed by atoms with Crippen LogP contribution < -0.4 is 0 Å². The summed E-state index contributed by atoms with van der Waals surface area (Å²) in [5.41, 5.74) is 1.12. The van der Waals surface area contributed by atoms with Crippen molar-refractivity contribution < 1.29 is 4.79 Å². The van der Waals surface area contributed by atoms with Gasteiger partial charge in [0.1, 0.15) is 0 Å². The monoisotopic (exact) mass is 219 g/mol. The van der Waals surface area contributed by atoms with Crippen molar-refractivity contribution in [1.29, 1.82) is 0 Å². The predicted octanol–water partition coefficient (Wildman–Crippen LogP) is 2.88. The van der Waals surface area contributed by atoms with Crippen LogP contribution in [0.25, 0.3) is 0 Å². The van der Waals surface area contributed by atoms with E-state index in [1.807, 2.05) is 49.1 Å². The standard InChI is InChI=1S/C12H15NO.C2H6/c14-12(13-8-4-5-9-13)10-11-6-2-1-3-7-11;1-2/h1-3,6-7H,4-5,8-10H2;1-2H3. The molecule has 0 unspecified atom stereocenters. The van der Waals surface area contributed by atoms with Gasteiger partial charge in [-0.3, -0.25) is 4.79 Å². The summed E-state index contributed by atoms with van der Waals surface area (Å²) >= 11 is 0. The number of rotatable bonds is 2. The molecule has 0 saturated carbocycles. The highest BCUT2D eigenvalue weighted by atomic mass is 16.2. The highest BCUT2D eigenvalue weighted by molar-refractivity contribution is 5.78. The maximum atomic E-state index is 11.7. The maximum Gasteiger partial charge on any atom is 0.226 e. The lowest BCUT2D eigenvalue weighted by molar-refractivity contribution is -0.129. The highest BCUT2D eigenvalue weighted by Crippen LogP contribution is 2.10. The molecule has 1 aromatic rings. The number of benzene rings is 1. The van der Waals surface area contributed by atoms with E-state index in [4.69, 9.17) is 0 Å². The minimum absolute atomic E-state index is 0.272. The first-order valence-corrected chi connectivity index (χ1v) is 6.18. The van der Waals surface area contributed by atoms with E-state index in [0.717, 1.165) is 18.7 Å². The van der Waals surface area contributed by atoms with Crippen LogP contribution in [-0.2, 0) is 11.2 Å². The Hall–Kier alpha value is -1.31. The van der Waals surface area contributed by atoms with Crippen LogP contribution in [0.1, 0.15) is 32.3 Å². The summed E-state index contributed by atoms with van der Waals surface area (Å²) in [6.07, 6.45) is 2.89. The molecular weight excluding hydrogens is 198 g/mol. The number of likely N-dealkylation sites (tertiary alicyclic amines) is 1. The van der Waals surface area contributed by atoms with Gasteiger partial charge in [0.2, 0.25) is 5.91 Å². The van der Waals surface area contributed by atoms with Crippen molar-refractivity contribution in [3.05, 3.63) is 35.9 Å². The van der Waals surface area contributed by atoms with Crippen LogP contribution in [0, 0.1) is 0 Å². The molecule has 0 radical (unpaired) electrons. The van der Waals surface area contributed by atoms with E-state index in [1.165, 1.54) is 12.8 Å². The Bertz CT molecular complexity index is 302. The number of hydrogen-bond acceptors (Lipinski definition) is 1. The minimum atomic E-state index is 0.272. The Balaban J connectivity index is 0.000000606. The number of carbonyl (C=O) groups is 1. The zero-order valence-electron chi connectivity index (χ0n) is 10.3. The smallest absolute Gasteiger partial charge is 0.226 e. The second-order valence-corrected chi connectivity index (χ2v) is 3.75. The SMILES string of the molecule is CC.O=C(Cc1ccccc1)N1CCCC1. The fourth-order valence-electron chi connectivity index (χ4n) is 1.85. The lowest BCUT2D eigenvalue weighted by Gasteiger charge is -2.14. The second kappa shape index (κ2) is 7.04. The van der Waals surface area contributed by atoms with Gasteiger partial charge in [0, 0.05) is 13.1 Å². The topological polar surface area (TPSA) is 20.3 Å². The lowest BCUT2D eigenvalue weighted by Crippen LogP contribution is -2.28. The van der Waals surface area contributed by atoms with E-state index in [9.17, 15) is 4.79 Å². The molecule has 2 nitrogen and oxygen atoms in total. The third-order valence-electron chi connectivity index (χ3n) is 2.66. The van der Waals surface area contributed by atoms with Crippen molar-refractivity contribution in [1.82, 2.24) is 4.90 Å². The van der Waals surface area contributed by atoms with Gasteiger partial charge in [-0.15, -0.1) is 0 Å². The van der Waals surface area contributed by atoms with Crippen LogP contribution in [0.4, 0.5) is 0 Å². The van der Waals surface area contributed by atoms with Gasteiger partial charge in [0.05, 0.1) is 6.42 Å². The molecule has 1 aromatic carbocycles. The van der Waals surface area contributed by atoms with E-state index in [-0.39, 0.29) is 5.91 Å². The molecule has 0 aromatic heterocycles. The van der Waals surface area contributed by atoms with Crippen LogP contribution in [0.2, 0.25) is 0 Å². The lowest BCUT2D eigenvalue weighted by atomic mass is 10.1. The molecule has 2 heteroatoms. The largest absolute Gasteiger partial charge is 0.342 e. The third-order valence-corrected chi connectivity index (χ3v) is 2.66. The minimum Gasteiger partial charge on any atom is -0.342 e. The first kappa shape index (κ1) is 12.8. The number of hydrogen-bond donors (Lipinski definition) is 0. The molecule has 1 heterocycles. The molecule has 2 rings (SSSR count). The Morgan fingerprint density at radius 1 is 1.12 bits per heavy atom. The Morgan fingerprint density at radius 2 is 1.69 bits per heavy atom. The molecule has 1 aliphatic rings. The van der Waals surface area contributed by atoms with Crippen molar-refractivity contribution in [2.45, 2.75) is 33.1 Å². The Kier molecular flexibility index (Phi) is 5.62. The van der Waals surface area contributed by atoms with Crippen molar-refractivity contribution in [2.75, 3.05) is 13.1 Å². The van der Waals surface area contributed by atoms with Crippen LogP contribution in [-0.4, -0.2) is 23.9 Å². The first-order chi connectivity index (χ1) is 7.86. The molecule has 1 aliphatic heterocycles. The normalized spacial score (nSPS) is 14.2. The molecule has 1 fully saturated rings. The van der Waals surface area contributed by atoms with Gasteiger partial charge in [-0.1, -0.05) is 44.2 Å². The molecular formula is C14H21NO. The average molecular weight is 219 g/mol. The average Bonchev–Trinajstić information content (AvgIpc) is 2.86. The summed E-state index contributed by atoms with van der Waals surface area (Å²) in [4.78, 5) is 13.7. The van der Waals surface area contributed by atoms with E-state index < -0.39 is 0 Å². The fourth-order valence-corrected chi connectivity index (χ4v) is 1.85. The van der Waals surface area contributed by atoms with E-state index in [0.29, 0.717) is 6.42 Å². The Labute approximate surface area is 98.3 Å². The quantitative estimate of drug-likeness (QED) is 0.749. The Morgan fingerprint density at radius 3 is 2.25 bits per heavy atom. The molecule has 1 amide bonds. The zero-order valence-corrected chi connectivity index (χ0v) is 10.3. The van der Waals surface area contributed by atoms with Gasteiger partial charge in [-0.25, -0.2) is 0 Å². The summed E-state index contributed by atoms with van der Waals surface area (Å²) in [6.45, 7) is 5.90. The molecule has 0 atom stereocenters. The number of amides is 1. The van der Waals surface area contributed by atoms with Gasteiger partial charge >= 0.3 is 0 Å². The molecule has 88 valence electrons. The second-order valence-electron chi connectivity index (χ2n) is 3.75. The number of carbonyl (C=O) groups excluding carboxylic acids is 1.